The van der Waals surface area contributed by atoms with Crippen LogP contribution in [0.2, 0.25) is 0 Å². The maximum Gasteiger partial charge on any atom is 0.335 e. The molecular formula is C15H17N3O3. The number of amides is 4. The number of hydrogen-bond acceptors (Lipinski definition) is 4. The summed E-state index contributed by atoms with van der Waals surface area (Å²) in [7, 11) is 0. The molecule has 3 rings (SSSR count). The van der Waals surface area contributed by atoms with Gasteiger partial charge in [-0.25, -0.2) is 9.69 Å². The number of anilines is 1. The van der Waals surface area contributed by atoms with Crippen molar-refractivity contribution in [1.29, 1.82) is 0 Å². The van der Waals surface area contributed by atoms with Gasteiger partial charge in [0.25, 0.3) is 5.91 Å². The van der Waals surface area contributed by atoms with Crippen molar-refractivity contribution < 1.29 is 14.4 Å². The molecule has 1 saturated heterocycles. The van der Waals surface area contributed by atoms with Gasteiger partial charge >= 0.3 is 6.03 Å². The highest BCUT2D eigenvalue weighted by molar-refractivity contribution is 6.30. The molecule has 1 aromatic heterocycles. The van der Waals surface area contributed by atoms with E-state index in [0.717, 1.165) is 24.2 Å². The average Bonchev–Trinajstić information content (AvgIpc) is 2.48. The third-order valence-corrected chi connectivity index (χ3v) is 4.40. The van der Waals surface area contributed by atoms with Gasteiger partial charge in [0, 0.05) is 6.20 Å². The molecule has 6 heteroatoms. The molecule has 4 amide bonds. The number of urea groups is 1. The number of nitrogens with zero attached hydrogens (tertiary/aromatic N) is 2. The standard InChI is InChI=1S/C15H17N3O3/c1-10-11(6-5-9-16-10)18-13(20)15(7-3-2-4-8-15)12(19)17-14(18)21/h5-6,9H,2-4,7-8H2,1H3,(H,17,19,21). The predicted molar refractivity (Wildman–Crippen MR) is 75.5 cm³/mol. The van der Waals surface area contributed by atoms with E-state index >= 15 is 0 Å². The molecule has 1 aliphatic carbocycles. The van der Waals surface area contributed by atoms with E-state index in [0.29, 0.717) is 24.2 Å². The largest absolute Gasteiger partial charge is 0.335 e. The molecular weight excluding hydrogens is 270 g/mol. The fourth-order valence-electron chi connectivity index (χ4n) is 3.20. The summed E-state index contributed by atoms with van der Waals surface area (Å²) in [6.45, 7) is 1.74. The minimum Gasteiger partial charge on any atom is -0.276 e. The molecule has 0 unspecified atom stereocenters. The molecule has 1 N–H and O–H groups in total. The zero-order chi connectivity index (χ0) is 15.0. The van der Waals surface area contributed by atoms with Crippen molar-refractivity contribution in [3.05, 3.63) is 24.0 Å². The van der Waals surface area contributed by atoms with Crippen molar-refractivity contribution in [2.45, 2.75) is 39.0 Å². The van der Waals surface area contributed by atoms with Crippen LogP contribution in [0.3, 0.4) is 0 Å². The van der Waals surface area contributed by atoms with Gasteiger partial charge < -0.3 is 0 Å². The molecule has 2 fully saturated rings. The summed E-state index contributed by atoms with van der Waals surface area (Å²) in [5, 5.41) is 2.35. The van der Waals surface area contributed by atoms with E-state index in [2.05, 4.69) is 10.3 Å². The smallest absolute Gasteiger partial charge is 0.276 e. The van der Waals surface area contributed by atoms with Crippen molar-refractivity contribution in [3.8, 4) is 0 Å². The molecule has 0 radical (unpaired) electrons. The fourth-order valence-corrected chi connectivity index (χ4v) is 3.20. The summed E-state index contributed by atoms with van der Waals surface area (Å²) in [6.07, 6.45) is 5.27. The number of imide groups is 2. The second-order valence-electron chi connectivity index (χ2n) is 5.65. The number of hydrogen-bond donors (Lipinski definition) is 1. The molecule has 1 aromatic rings. The van der Waals surface area contributed by atoms with Crippen LogP contribution in [0.15, 0.2) is 18.3 Å². The zero-order valence-corrected chi connectivity index (χ0v) is 11.9. The molecule has 0 atom stereocenters. The second-order valence-corrected chi connectivity index (χ2v) is 5.65. The first-order valence-electron chi connectivity index (χ1n) is 7.18. The van der Waals surface area contributed by atoms with Gasteiger partial charge in [0.2, 0.25) is 5.91 Å². The number of aryl methyl sites for hydroxylation is 1. The Labute approximate surface area is 122 Å². The Hall–Kier alpha value is -2.24. The number of nitrogens with one attached hydrogen (secondary N) is 1. The van der Waals surface area contributed by atoms with Crippen molar-refractivity contribution in [1.82, 2.24) is 10.3 Å². The van der Waals surface area contributed by atoms with Gasteiger partial charge in [0.1, 0.15) is 5.41 Å². The van der Waals surface area contributed by atoms with Crippen LogP contribution >= 0.6 is 0 Å². The van der Waals surface area contributed by atoms with E-state index < -0.39 is 23.3 Å². The van der Waals surface area contributed by atoms with Gasteiger partial charge in [0.05, 0.1) is 11.4 Å². The summed E-state index contributed by atoms with van der Waals surface area (Å²) >= 11 is 0. The molecule has 0 aromatic carbocycles. The number of carbonyl (C=O) groups is 3. The van der Waals surface area contributed by atoms with Crippen LogP contribution in [-0.2, 0) is 9.59 Å². The highest BCUT2D eigenvalue weighted by Crippen LogP contribution is 2.41. The lowest BCUT2D eigenvalue weighted by atomic mass is 9.71. The highest BCUT2D eigenvalue weighted by atomic mass is 16.2. The maximum absolute atomic E-state index is 12.9. The maximum atomic E-state index is 12.9. The Morgan fingerprint density at radius 1 is 1.19 bits per heavy atom. The lowest BCUT2D eigenvalue weighted by Gasteiger charge is -2.41. The lowest BCUT2D eigenvalue weighted by molar-refractivity contribution is -0.144. The number of pyridine rings is 1. The summed E-state index contributed by atoms with van der Waals surface area (Å²) in [5.41, 5.74) is -0.0622. The van der Waals surface area contributed by atoms with Gasteiger partial charge in [-0.2, -0.15) is 0 Å². The second kappa shape index (κ2) is 4.95. The van der Waals surface area contributed by atoms with Crippen molar-refractivity contribution in [3.63, 3.8) is 0 Å². The molecule has 1 aliphatic heterocycles. The first-order valence-corrected chi connectivity index (χ1v) is 7.18. The van der Waals surface area contributed by atoms with Crippen LogP contribution in [0.25, 0.3) is 0 Å². The van der Waals surface area contributed by atoms with E-state index in [1.165, 1.54) is 0 Å². The van der Waals surface area contributed by atoms with Crippen molar-refractivity contribution in [2.24, 2.45) is 5.41 Å². The first-order chi connectivity index (χ1) is 10.1. The van der Waals surface area contributed by atoms with Crippen LogP contribution in [0.5, 0.6) is 0 Å². The molecule has 21 heavy (non-hydrogen) atoms. The summed E-state index contributed by atoms with van der Waals surface area (Å²) in [4.78, 5) is 42.5. The molecule has 1 saturated carbocycles. The SMILES string of the molecule is Cc1ncccc1N1C(=O)NC(=O)C2(CCCCC2)C1=O. The Bertz CT molecular complexity index is 620. The Balaban J connectivity index is 2.05. The van der Waals surface area contributed by atoms with E-state index in [-0.39, 0.29) is 0 Å². The van der Waals surface area contributed by atoms with Gasteiger partial charge in [-0.15, -0.1) is 0 Å². The van der Waals surface area contributed by atoms with Crippen LogP contribution in [-0.4, -0.2) is 22.8 Å². The minimum absolute atomic E-state index is 0.410. The van der Waals surface area contributed by atoms with Crippen molar-refractivity contribution in [2.75, 3.05) is 4.90 Å². The summed E-state index contributed by atoms with van der Waals surface area (Å²) in [5.74, 6) is -0.859. The van der Waals surface area contributed by atoms with E-state index in [9.17, 15) is 14.4 Å². The monoisotopic (exact) mass is 287 g/mol. The topological polar surface area (TPSA) is 79.4 Å². The van der Waals surface area contributed by atoms with Crippen LogP contribution in [0.1, 0.15) is 37.8 Å². The van der Waals surface area contributed by atoms with Crippen LogP contribution < -0.4 is 10.2 Å². The third-order valence-electron chi connectivity index (χ3n) is 4.40. The highest BCUT2D eigenvalue weighted by Gasteiger charge is 2.54. The zero-order valence-electron chi connectivity index (χ0n) is 11.9. The third kappa shape index (κ3) is 2.02. The molecule has 110 valence electrons. The molecule has 6 nitrogen and oxygen atoms in total. The minimum atomic E-state index is -1.09. The molecule has 0 bridgehead atoms. The average molecular weight is 287 g/mol. The van der Waals surface area contributed by atoms with Gasteiger partial charge in [-0.3, -0.25) is 19.9 Å². The van der Waals surface area contributed by atoms with E-state index in [1.807, 2.05) is 0 Å². The predicted octanol–water partition coefficient (Wildman–Crippen LogP) is 1.92. The van der Waals surface area contributed by atoms with Gasteiger partial charge in [0.15, 0.2) is 0 Å². The normalized spacial score (nSPS) is 21.6. The number of barbiturate groups is 1. The summed E-state index contributed by atoms with van der Waals surface area (Å²) in [6, 6.07) is 2.66. The summed E-state index contributed by atoms with van der Waals surface area (Å²) < 4.78 is 0. The first kappa shape index (κ1) is 13.7. The van der Waals surface area contributed by atoms with Gasteiger partial charge in [-0.1, -0.05) is 19.3 Å². The lowest BCUT2D eigenvalue weighted by Crippen LogP contribution is -2.64. The Morgan fingerprint density at radius 3 is 2.57 bits per heavy atom. The molecule has 2 heterocycles. The number of aromatic nitrogens is 1. The Kier molecular flexibility index (Phi) is 3.23. The number of carbonyl (C=O) groups excluding carboxylic acids is 3. The number of rotatable bonds is 1. The molecule has 1 spiro atoms. The van der Waals surface area contributed by atoms with E-state index in [1.54, 1.807) is 25.3 Å². The van der Waals surface area contributed by atoms with E-state index in [4.69, 9.17) is 0 Å². The molecule has 2 aliphatic rings. The van der Waals surface area contributed by atoms with Crippen LogP contribution in [0.4, 0.5) is 10.5 Å². The Morgan fingerprint density at radius 2 is 1.90 bits per heavy atom. The van der Waals surface area contributed by atoms with Gasteiger partial charge in [-0.05, 0) is 31.9 Å². The van der Waals surface area contributed by atoms with Crippen LogP contribution in [0, 0.1) is 12.3 Å². The quantitative estimate of drug-likeness (QED) is 0.800. The van der Waals surface area contributed by atoms with Crippen molar-refractivity contribution >= 4 is 23.5 Å². The fraction of sp³-hybridized carbons (Fsp3) is 0.467.